The molecule has 0 atom stereocenters. The molecule has 106 valence electrons. The smallest absolute Gasteiger partial charge is 0.121 e. The maximum Gasteiger partial charge on any atom is 0.121 e. The summed E-state index contributed by atoms with van der Waals surface area (Å²) in [6.07, 6.45) is 0. The summed E-state index contributed by atoms with van der Waals surface area (Å²) < 4.78 is 10.9. The van der Waals surface area contributed by atoms with Crippen molar-refractivity contribution in [2.45, 2.75) is 20.4 Å². The highest BCUT2D eigenvalue weighted by Crippen LogP contribution is 2.18. The van der Waals surface area contributed by atoms with Crippen molar-refractivity contribution in [2.75, 3.05) is 18.5 Å². The van der Waals surface area contributed by atoms with Crippen LogP contribution in [0.2, 0.25) is 0 Å². The molecular formula is C17H21NO2. The Balaban J connectivity index is 1.92. The summed E-state index contributed by atoms with van der Waals surface area (Å²) in [5.74, 6) is 1.80. The van der Waals surface area contributed by atoms with Crippen molar-refractivity contribution in [3.8, 4) is 11.5 Å². The third-order valence-corrected chi connectivity index (χ3v) is 2.88. The van der Waals surface area contributed by atoms with Gasteiger partial charge in [-0.25, -0.2) is 0 Å². The Bertz CT molecular complexity index is 523. The fraction of sp³-hybridized carbons (Fsp3) is 0.294. The predicted molar refractivity (Wildman–Crippen MR) is 82.5 cm³/mol. The third-order valence-electron chi connectivity index (χ3n) is 2.88. The summed E-state index contributed by atoms with van der Waals surface area (Å²) in [6.45, 7) is 6.13. The van der Waals surface area contributed by atoms with E-state index in [1.807, 2.05) is 50.2 Å². The van der Waals surface area contributed by atoms with Crippen molar-refractivity contribution >= 4 is 5.69 Å². The zero-order valence-electron chi connectivity index (χ0n) is 12.1. The van der Waals surface area contributed by atoms with E-state index < -0.39 is 0 Å². The van der Waals surface area contributed by atoms with Crippen LogP contribution in [0.25, 0.3) is 0 Å². The topological polar surface area (TPSA) is 30.5 Å². The van der Waals surface area contributed by atoms with Gasteiger partial charge in [0.2, 0.25) is 0 Å². The van der Waals surface area contributed by atoms with Gasteiger partial charge in [0.05, 0.1) is 13.2 Å². The molecule has 0 radical (unpaired) electrons. The molecule has 1 N–H and O–H groups in total. The molecule has 2 aromatic carbocycles. The molecule has 0 aliphatic heterocycles. The average molecular weight is 271 g/mol. The first-order chi connectivity index (χ1) is 9.81. The van der Waals surface area contributed by atoms with E-state index in [4.69, 9.17) is 9.47 Å². The van der Waals surface area contributed by atoms with Crippen LogP contribution in [0.1, 0.15) is 19.4 Å². The molecule has 0 bridgehead atoms. The first kappa shape index (κ1) is 14.3. The lowest BCUT2D eigenvalue weighted by atomic mass is 10.2. The highest BCUT2D eigenvalue weighted by molar-refractivity contribution is 5.48. The van der Waals surface area contributed by atoms with E-state index in [0.717, 1.165) is 23.7 Å². The Kier molecular flexibility index (Phi) is 5.30. The highest BCUT2D eigenvalue weighted by atomic mass is 16.5. The molecular weight excluding hydrogens is 250 g/mol. The number of hydrogen-bond acceptors (Lipinski definition) is 3. The van der Waals surface area contributed by atoms with Crippen LogP contribution in [0.3, 0.4) is 0 Å². The average Bonchev–Trinajstić information content (AvgIpc) is 2.48. The molecule has 0 saturated heterocycles. The van der Waals surface area contributed by atoms with Gasteiger partial charge in [0.15, 0.2) is 0 Å². The third kappa shape index (κ3) is 4.19. The first-order valence-electron chi connectivity index (χ1n) is 7.00. The zero-order chi connectivity index (χ0) is 14.2. The molecule has 0 unspecified atom stereocenters. The fourth-order valence-corrected chi connectivity index (χ4v) is 1.94. The van der Waals surface area contributed by atoms with E-state index in [1.54, 1.807) is 0 Å². The van der Waals surface area contributed by atoms with Crippen LogP contribution in [0.4, 0.5) is 5.69 Å². The molecule has 0 saturated carbocycles. The molecule has 2 rings (SSSR count). The second-order valence-corrected chi connectivity index (χ2v) is 4.39. The molecule has 3 heteroatoms. The van der Waals surface area contributed by atoms with Gasteiger partial charge in [-0.15, -0.1) is 0 Å². The maximum absolute atomic E-state index is 5.48. The van der Waals surface area contributed by atoms with Gasteiger partial charge in [-0.05, 0) is 43.7 Å². The summed E-state index contributed by atoms with van der Waals surface area (Å²) in [6, 6.07) is 16.1. The lowest BCUT2D eigenvalue weighted by Crippen LogP contribution is -2.00. The monoisotopic (exact) mass is 271 g/mol. The molecule has 20 heavy (non-hydrogen) atoms. The van der Waals surface area contributed by atoms with Gasteiger partial charge in [-0.2, -0.15) is 0 Å². The van der Waals surface area contributed by atoms with Crippen molar-refractivity contribution in [2.24, 2.45) is 0 Å². The van der Waals surface area contributed by atoms with Gasteiger partial charge in [0.1, 0.15) is 11.5 Å². The molecule has 0 heterocycles. The van der Waals surface area contributed by atoms with E-state index in [1.165, 1.54) is 5.56 Å². The zero-order valence-corrected chi connectivity index (χ0v) is 12.1. The van der Waals surface area contributed by atoms with Crippen molar-refractivity contribution in [1.29, 1.82) is 0 Å². The van der Waals surface area contributed by atoms with E-state index >= 15 is 0 Å². The summed E-state index contributed by atoms with van der Waals surface area (Å²) in [4.78, 5) is 0. The summed E-state index contributed by atoms with van der Waals surface area (Å²) in [7, 11) is 0. The minimum absolute atomic E-state index is 0.683. The number of nitrogens with one attached hydrogen (secondary N) is 1. The van der Waals surface area contributed by atoms with Gasteiger partial charge < -0.3 is 14.8 Å². The molecule has 0 aliphatic rings. The summed E-state index contributed by atoms with van der Waals surface area (Å²) >= 11 is 0. The molecule has 2 aromatic rings. The Hall–Kier alpha value is -2.16. The Labute approximate surface area is 120 Å². The van der Waals surface area contributed by atoms with Crippen LogP contribution >= 0.6 is 0 Å². The van der Waals surface area contributed by atoms with E-state index in [2.05, 4.69) is 17.4 Å². The molecule has 0 spiro atoms. The largest absolute Gasteiger partial charge is 0.494 e. The van der Waals surface area contributed by atoms with Crippen LogP contribution in [-0.4, -0.2) is 13.2 Å². The molecule has 0 fully saturated rings. The highest BCUT2D eigenvalue weighted by Gasteiger charge is 1.98. The van der Waals surface area contributed by atoms with Gasteiger partial charge >= 0.3 is 0 Å². The SMILES string of the molecule is CCOc1ccc(CNc2cccc(OCC)c2)cc1. The molecule has 3 nitrogen and oxygen atoms in total. The van der Waals surface area contributed by atoms with Gasteiger partial charge in [0.25, 0.3) is 0 Å². The number of hydrogen-bond donors (Lipinski definition) is 1. The molecule has 0 amide bonds. The van der Waals surface area contributed by atoms with E-state index in [9.17, 15) is 0 Å². The second kappa shape index (κ2) is 7.43. The van der Waals surface area contributed by atoms with Crippen molar-refractivity contribution in [3.63, 3.8) is 0 Å². The number of ether oxygens (including phenoxy) is 2. The fourth-order valence-electron chi connectivity index (χ4n) is 1.94. The predicted octanol–water partition coefficient (Wildman–Crippen LogP) is 4.10. The molecule has 0 aliphatic carbocycles. The number of anilines is 1. The Morgan fingerprint density at radius 1 is 0.850 bits per heavy atom. The van der Waals surface area contributed by atoms with Crippen LogP contribution in [0.5, 0.6) is 11.5 Å². The second-order valence-electron chi connectivity index (χ2n) is 4.39. The maximum atomic E-state index is 5.48. The minimum Gasteiger partial charge on any atom is -0.494 e. The Morgan fingerprint density at radius 3 is 2.25 bits per heavy atom. The van der Waals surface area contributed by atoms with Crippen LogP contribution in [0.15, 0.2) is 48.5 Å². The van der Waals surface area contributed by atoms with Crippen LogP contribution in [0, 0.1) is 0 Å². The summed E-state index contributed by atoms with van der Waals surface area (Å²) in [5.41, 5.74) is 2.28. The van der Waals surface area contributed by atoms with Crippen LogP contribution < -0.4 is 14.8 Å². The lowest BCUT2D eigenvalue weighted by molar-refractivity contribution is 0.340. The standard InChI is InChI=1S/C17H21NO2/c1-3-19-16-10-8-14(9-11-16)13-18-15-6-5-7-17(12-15)20-4-2/h5-12,18H,3-4,13H2,1-2H3. The van der Waals surface area contributed by atoms with E-state index in [-0.39, 0.29) is 0 Å². The van der Waals surface area contributed by atoms with Gasteiger partial charge in [-0.3, -0.25) is 0 Å². The normalized spacial score (nSPS) is 10.1. The van der Waals surface area contributed by atoms with Crippen molar-refractivity contribution in [1.82, 2.24) is 0 Å². The van der Waals surface area contributed by atoms with Crippen molar-refractivity contribution in [3.05, 3.63) is 54.1 Å². The van der Waals surface area contributed by atoms with Gasteiger partial charge in [-0.1, -0.05) is 18.2 Å². The van der Waals surface area contributed by atoms with Crippen LogP contribution in [-0.2, 0) is 6.54 Å². The summed E-state index contributed by atoms with van der Waals surface area (Å²) in [5, 5.41) is 3.39. The first-order valence-corrected chi connectivity index (χ1v) is 7.00. The quantitative estimate of drug-likeness (QED) is 0.822. The molecule has 0 aromatic heterocycles. The number of benzene rings is 2. The van der Waals surface area contributed by atoms with Gasteiger partial charge in [0, 0.05) is 18.3 Å². The lowest BCUT2D eigenvalue weighted by Gasteiger charge is -2.09. The number of rotatable bonds is 7. The van der Waals surface area contributed by atoms with E-state index in [0.29, 0.717) is 13.2 Å². The Morgan fingerprint density at radius 2 is 1.55 bits per heavy atom. The minimum atomic E-state index is 0.683. The van der Waals surface area contributed by atoms with Crippen molar-refractivity contribution < 1.29 is 9.47 Å².